The van der Waals surface area contributed by atoms with Crippen LogP contribution < -0.4 is 5.32 Å². The lowest BCUT2D eigenvalue weighted by Gasteiger charge is -2.06. The van der Waals surface area contributed by atoms with Crippen molar-refractivity contribution in [3.63, 3.8) is 0 Å². The number of aromatic nitrogens is 1. The fourth-order valence-electron chi connectivity index (χ4n) is 2.01. The van der Waals surface area contributed by atoms with E-state index in [9.17, 15) is 9.59 Å². The van der Waals surface area contributed by atoms with Crippen molar-refractivity contribution in [2.24, 2.45) is 0 Å². The third kappa shape index (κ3) is 4.70. The average molecular weight is 298 g/mol. The Kier molecular flexibility index (Phi) is 5.25. The quantitative estimate of drug-likeness (QED) is 0.854. The minimum absolute atomic E-state index is 0.0483. The summed E-state index contributed by atoms with van der Waals surface area (Å²) in [6.07, 6.45) is 2.68. The summed E-state index contributed by atoms with van der Waals surface area (Å²) in [5.41, 5.74) is 3.06. The van der Waals surface area contributed by atoms with Gasteiger partial charge in [-0.3, -0.25) is 9.78 Å². The van der Waals surface area contributed by atoms with Gasteiger partial charge in [-0.25, -0.2) is 4.79 Å². The summed E-state index contributed by atoms with van der Waals surface area (Å²) >= 11 is 0. The minimum Gasteiger partial charge on any atom is -0.478 e. The fraction of sp³-hybridized carbons (Fsp3) is 0.235. The summed E-state index contributed by atoms with van der Waals surface area (Å²) in [5, 5.41) is 11.7. The lowest BCUT2D eigenvalue weighted by Crippen LogP contribution is -2.27. The molecule has 1 aromatic heterocycles. The van der Waals surface area contributed by atoms with Gasteiger partial charge in [-0.1, -0.05) is 18.2 Å². The summed E-state index contributed by atoms with van der Waals surface area (Å²) < 4.78 is 0. The van der Waals surface area contributed by atoms with Crippen LogP contribution in [0, 0.1) is 6.92 Å². The maximum Gasteiger partial charge on any atom is 0.335 e. The third-order valence-electron chi connectivity index (χ3n) is 3.27. The van der Waals surface area contributed by atoms with Gasteiger partial charge in [0.25, 0.3) is 0 Å². The van der Waals surface area contributed by atoms with E-state index in [-0.39, 0.29) is 11.5 Å². The first-order valence-electron chi connectivity index (χ1n) is 7.05. The van der Waals surface area contributed by atoms with Crippen molar-refractivity contribution in [3.8, 4) is 0 Å². The SMILES string of the molecule is Cc1ccc(CC(=O)NCCc2ccc(C(=O)O)cc2)cn1. The number of nitrogens with one attached hydrogen (secondary N) is 1. The maximum atomic E-state index is 11.8. The second-order valence-electron chi connectivity index (χ2n) is 5.09. The van der Waals surface area contributed by atoms with E-state index in [0.717, 1.165) is 16.8 Å². The van der Waals surface area contributed by atoms with Crippen LogP contribution in [0.5, 0.6) is 0 Å². The standard InChI is InChI=1S/C17H18N2O3/c1-12-2-3-14(11-19-12)10-16(20)18-9-8-13-4-6-15(7-5-13)17(21)22/h2-7,11H,8-10H2,1H3,(H,18,20)(H,21,22). The maximum absolute atomic E-state index is 11.8. The summed E-state index contributed by atoms with van der Waals surface area (Å²) in [6.45, 7) is 2.42. The number of amides is 1. The summed E-state index contributed by atoms with van der Waals surface area (Å²) in [6, 6.07) is 10.4. The van der Waals surface area contributed by atoms with Gasteiger partial charge in [0.05, 0.1) is 12.0 Å². The molecule has 2 N–H and O–H groups in total. The number of carbonyl (C=O) groups is 2. The number of benzene rings is 1. The number of carboxylic acids is 1. The van der Waals surface area contributed by atoms with Crippen molar-refractivity contribution in [3.05, 3.63) is 65.0 Å². The lowest BCUT2D eigenvalue weighted by molar-refractivity contribution is -0.120. The van der Waals surface area contributed by atoms with E-state index in [1.165, 1.54) is 0 Å². The van der Waals surface area contributed by atoms with Crippen LogP contribution in [0.15, 0.2) is 42.6 Å². The average Bonchev–Trinajstić information content (AvgIpc) is 2.50. The predicted octanol–water partition coefficient (Wildman–Crippen LogP) is 1.99. The molecule has 0 radical (unpaired) electrons. The van der Waals surface area contributed by atoms with Crippen molar-refractivity contribution in [2.45, 2.75) is 19.8 Å². The van der Waals surface area contributed by atoms with Gasteiger partial charge in [0, 0.05) is 18.4 Å². The number of hydrogen-bond acceptors (Lipinski definition) is 3. The molecular formula is C17H18N2O3. The minimum atomic E-state index is -0.938. The van der Waals surface area contributed by atoms with Crippen LogP contribution in [-0.4, -0.2) is 28.5 Å². The second-order valence-corrected chi connectivity index (χ2v) is 5.09. The molecule has 2 aromatic rings. The normalized spacial score (nSPS) is 10.2. The molecule has 2 rings (SSSR count). The summed E-state index contributed by atoms with van der Waals surface area (Å²) in [7, 11) is 0. The number of carboxylic acid groups (broad SMARTS) is 1. The van der Waals surface area contributed by atoms with E-state index >= 15 is 0 Å². The van der Waals surface area contributed by atoms with Gasteiger partial charge in [-0.05, 0) is 42.7 Å². The van der Waals surface area contributed by atoms with Crippen LogP contribution in [-0.2, 0) is 17.6 Å². The number of pyridine rings is 1. The topological polar surface area (TPSA) is 79.3 Å². The Labute approximate surface area is 129 Å². The van der Waals surface area contributed by atoms with E-state index in [0.29, 0.717) is 19.4 Å². The molecule has 0 aliphatic rings. The zero-order chi connectivity index (χ0) is 15.9. The molecule has 0 saturated carbocycles. The smallest absolute Gasteiger partial charge is 0.335 e. The largest absolute Gasteiger partial charge is 0.478 e. The second kappa shape index (κ2) is 7.36. The lowest BCUT2D eigenvalue weighted by atomic mass is 10.1. The van der Waals surface area contributed by atoms with Crippen LogP contribution >= 0.6 is 0 Å². The molecular weight excluding hydrogens is 280 g/mol. The molecule has 0 aliphatic heterocycles. The highest BCUT2D eigenvalue weighted by atomic mass is 16.4. The van der Waals surface area contributed by atoms with Crippen LogP contribution in [0.4, 0.5) is 0 Å². The first-order valence-corrected chi connectivity index (χ1v) is 7.05. The molecule has 0 atom stereocenters. The highest BCUT2D eigenvalue weighted by Gasteiger charge is 2.04. The fourth-order valence-corrected chi connectivity index (χ4v) is 2.01. The molecule has 5 nitrogen and oxygen atoms in total. The Morgan fingerprint density at radius 3 is 2.36 bits per heavy atom. The molecule has 1 amide bonds. The van der Waals surface area contributed by atoms with Gasteiger partial charge in [0.15, 0.2) is 0 Å². The molecule has 22 heavy (non-hydrogen) atoms. The molecule has 0 aliphatic carbocycles. The molecule has 114 valence electrons. The third-order valence-corrected chi connectivity index (χ3v) is 3.27. The summed E-state index contributed by atoms with van der Waals surface area (Å²) in [4.78, 5) is 26.7. The van der Waals surface area contributed by atoms with Crippen molar-refractivity contribution in [2.75, 3.05) is 6.54 Å². The number of aromatic carboxylic acids is 1. The predicted molar refractivity (Wildman–Crippen MR) is 82.8 cm³/mol. The molecule has 5 heteroatoms. The van der Waals surface area contributed by atoms with Crippen molar-refractivity contribution >= 4 is 11.9 Å². The van der Waals surface area contributed by atoms with E-state index in [1.54, 1.807) is 30.5 Å². The van der Waals surface area contributed by atoms with E-state index in [4.69, 9.17) is 5.11 Å². The Bertz CT molecular complexity index is 649. The molecule has 0 spiro atoms. The number of aryl methyl sites for hydroxylation is 1. The zero-order valence-electron chi connectivity index (χ0n) is 12.4. The first kappa shape index (κ1) is 15.7. The van der Waals surface area contributed by atoms with Gasteiger partial charge >= 0.3 is 5.97 Å². The number of rotatable bonds is 6. The van der Waals surface area contributed by atoms with Gasteiger partial charge in [-0.15, -0.1) is 0 Å². The Morgan fingerprint density at radius 2 is 1.77 bits per heavy atom. The molecule has 0 bridgehead atoms. The van der Waals surface area contributed by atoms with Crippen molar-refractivity contribution in [1.29, 1.82) is 0 Å². The number of nitrogens with zero attached hydrogens (tertiary/aromatic N) is 1. The van der Waals surface area contributed by atoms with Crippen LogP contribution in [0.3, 0.4) is 0 Å². The number of carbonyl (C=O) groups excluding carboxylic acids is 1. The molecule has 0 saturated heterocycles. The molecule has 0 unspecified atom stereocenters. The van der Waals surface area contributed by atoms with Crippen molar-refractivity contribution in [1.82, 2.24) is 10.3 Å². The van der Waals surface area contributed by atoms with E-state index in [1.807, 2.05) is 19.1 Å². The van der Waals surface area contributed by atoms with E-state index < -0.39 is 5.97 Å². The summed E-state index contributed by atoms with van der Waals surface area (Å²) in [5.74, 6) is -0.987. The zero-order valence-corrected chi connectivity index (χ0v) is 12.4. The Hall–Kier alpha value is -2.69. The van der Waals surface area contributed by atoms with Gasteiger partial charge in [0.1, 0.15) is 0 Å². The van der Waals surface area contributed by atoms with E-state index in [2.05, 4.69) is 10.3 Å². The first-order chi connectivity index (χ1) is 10.5. The Morgan fingerprint density at radius 1 is 1.09 bits per heavy atom. The molecule has 1 heterocycles. The highest BCUT2D eigenvalue weighted by Crippen LogP contribution is 2.05. The van der Waals surface area contributed by atoms with Crippen molar-refractivity contribution < 1.29 is 14.7 Å². The van der Waals surface area contributed by atoms with Gasteiger partial charge < -0.3 is 10.4 Å². The van der Waals surface area contributed by atoms with Gasteiger partial charge in [-0.2, -0.15) is 0 Å². The molecule has 1 aromatic carbocycles. The molecule has 0 fully saturated rings. The monoisotopic (exact) mass is 298 g/mol. The van der Waals surface area contributed by atoms with Crippen LogP contribution in [0.1, 0.15) is 27.2 Å². The number of hydrogen-bond donors (Lipinski definition) is 2. The van der Waals surface area contributed by atoms with Crippen LogP contribution in [0.2, 0.25) is 0 Å². The Balaban J connectivity index is 1.77. The van der Waals surface area contributed by atoms with Gasteiger partial charge in [0.2, 0.25) is 5.91 Å². The highest BCUT2D eigenvalue weighted by molar-refractivity contribution is 5.87. The van der Waals surface area contributed by atoms with Crippen LogP contribution in [0.25, 0.3) is 0 Å².